The van der Waals surface area contributed by atoms with Gasteiger partial charge in [-0.2, -0.15) is 0 Å². The van der Waals surface area contributed by atoms with E-state index in [0.717, 1.165) is 5.56 Å². The number of hydrogen-bond donors (Lipinski definition) is 2. The number of benzene rings is 1. The van der Waals surface area contributed by atoms with E-state index >= 15 is 0 Å². The Morgan fingerprint density at radius 1 is 1.28 bits per heavy atom. The molecule has 18 heavy (non-hydrogen) atoms. The molecular weight excluding hydrogens is 252 g/mol. The Hall–Kier alpha value is -1.58. The Morgan fingerprint density at radius 3 is 2.44 bits per heavy atom. The zero-order valence-corrected chi connectivity index (χ0v) is 10.3. The summed E-state index contributed by atoms with van der Waals surface area (Å²) in [6, 6.07) is 7.27. The van der Waals surface area contributed by atoms with E-state index in [0.29, 0.717) is 11.4 Å². The van der Waals surface area contributed by atoms with Crippen molar-refractivity contribution in [2.75, 3.05) is 0 Å². The predicted molar refractivity (Wildman–Crippen MR) is 69.5 cm³/mol. The van der Waals surface area contributed by atoms with Crippen LogP contribution in [0.4, 0.5) is 0 Å². The summed E-state index contributed by atoms with van der Waals surface area (Å²) < 4.78 is 0. The van der Waals surface area contributed by atoms with Crippen molar-refractivity contribution >= 4 is 17.6 Å². The van der Waals surface area contributed by atoms with Gasteiger partial charge in [-0.15, -0.1) is 0 Å². The maximum absolute atomic E-state index is 10.8. The summed E-state index contributed by atoms with van der Waals surface area (Å²) in [6.07, 6.45) is 6.31. The van der Waals surface area contributed by atoms with Gasteiger partial charge >= 0.3 is 5.97 Å². The van der Waals surface area contributed by atoms with Crippen LogP contribution in [0.25, 0.3) is 0 Å². The first-order valence-electron chi connectivity index (χ1n) is 5.57. The molecule has 1 aliphatic carbocycles. The van der Waals surface area contributed by atoms with E-state index < -0.39 is 17.5 Å². The monoisotopic (exact) mass is 264 g/mol. The average Bonchev–Trinajstić information content (AvgIpc) is 2.32. The summed E-state index contributed by atoms with van der Waals surface area (Å²) in [7, 11) is 0. The Morgan fingerprint density at radius 2 is 1.89 bits per heavy atom. The molecule has 2 N–H and O–H groups in total. The second kappa shape index (κ2) is 4.96. The van der Waals surface area contributed by atoms with Gasteiger partial charge in [-0.05, 0) is 11.6 Å². The van der Waals surface area contributed by atoms with Gasteiger partial charge in [0.1, 0.15) is 5.60 Å². The van der Waals surface area contributed by atoms with Crippen molar-refractivity contribution in [2.45, 2.75) is 12.0 Å². The fourth-order valence-corrected chi connectivity index (χ4v) is 2.09. The van der Waals surface area contributed by atoms with Crippen LogP contribution in [-0.2, 0) is 11.2 Å². The molecule has 3 nitrogen and oxygen atoms in total. The summed E-state index contributed by atoms with van der Waals surface area (Å²) >= 11 is 6.03. The third-order valence-electron chi connectivity index (χ3n) is 2.90. The van der Waals surface area contributed by atoms with E-state index in [-0.39, 0.29) is 0 Å². The molecular formula is C14H13ClO3. The third-order valence-corrected chi connectivity index (χ3v) is 3.27. The van der Waals surface area contributed by atoms with E-state index in [9.17, 15) is 9.90 Å². The molecule has 0 radical (unpaired) electrons. The van der Waals surface area contributed by atoms with Gasteiger partial charge in [-0.1, -0.05) is 54.1 Å². The van der Waals surface area contributed by atoms with Crippen molar-refractivity contribution in [3.8, 4) is 0 Å². The first-order valence-corrected chi connectivity index (χ1v) is 5.95. The SMILES string of the molecule is O=C(O)C1C=CC(O)(Cc2ccccc2Cl)C=C1. The Kier molecular flexibility index (Phi) is 3.55. The van der Waals surface area contributed by atoms with Gasteiger partial charge in [0.15, 0.2) is 0 Å². The van der Waals surface area contributed by atoms with E-state index in [2.05, 4.69) is 0 Å². The minimum Gasteiger partial charge on any atom is -0.481 e. The highest BCUT2D eigenvalue weighted by molar-refractivity contribution is 6.31. The molecule has 2 rings (SSSR count). The molecule has 0 saturated carbocycles. The van der Waals surface area contributed by atoms with Gasteiger partial charge in [-0.25, -0.2) is 0 Å². The van der Waals surface area contributed by atoms with Crippen molar-refractivity contribution < 1.29 is 15.0 Å². The molecule has 94 valence electrons. The van der Waals surface area contributed by atoms with Crippen LogP contribution in [0.15, 0.2) is 48.6 Å². The smallest absolute Gasteiger partial charge is 0.314 e. The van der Waals surface area contributed by atoms with Crippen LogP contribution >= 0.6 is 11.6 Å². The summed E-state index contributed by atoms with van der Waals surface area (Å²) in [5.74, 6) is -1.60. The van der Waals surface area contributed by atoms with Gasteiger partial charge in [0, 0.05) is 11.4 Å². The van der Waals surface area contributed by atoms with Crippen molar-refractivity contribution in [3.63, 3.8) is 0 Å². The molecule has 0 aromatic heterocycles. The molecule has 0 heterocycles. The highest BCUT2D eigenvalue weighted by Gasteiger charge is 2.26. The van der Waals surface area contributed by atoms with Crippen LogP contribution in [-0.4, -0.2) is 21.8 Å². The average molecular weight is 265 g/mol. The summed E-state index contributed by atoms with van der Waals surface area (Å²) in [5.41, 5.74) is -0.346. The number of halogens is 1. The fourth-order valence-electron chi connectivity index (χ4n) is 1.89. The molecule has 1 aromatic rings. The zero-order valence-electron chi connectivity index (χ0n) is 9.58. The van der Waals surface area contributed by atoms with Gasteiger partial charge in [-0.3, -0.25) is 4.79 Å². The number of hydrogen-bond acceptors (Lipinski definition) is 2. The first kappa shape index (κ1) is 12.9. The maximum Gasteiger partial charge on any atom is 0.314 e. The number of carbonyl (C=O) groups is 1. The molecule has 0 fully saturated rings. The quantitative estimate of drug-likeness (QED) is 0.825. The van der Waals surface area contributed by atoms with Gasteiger partial charge in [0.25, 0.3) is 0 Å². The van der Waals surface area contributed by atoms with Crippen LogP contribution < -0.4 is 0 Å². The lowest BCUT2D eigenvalue weighted by Gasteiger charge is -2.25. The molecule has 0 atom stereocenters. The van der Waals surface area contributed by atoms with Crippen molar-refractivity contribution in [3.05, 3.63) is 59.2 Å². The van der Waals surface area contributed by atoms with Crippen molar-refractivity contribution in [2.24, 2.45) is 5.92 Å². The molecule has 0 unspecified atom stereocenters. The van der Waals surface area contributed by atoms with E-state index in [4.69, 9.17) is 16.7 Å². The topological polar surface area (TPSA) is 57.5 Å². The number of carboxylic acids is 1. The second-order valence-electron chi connectivity index (χ2n) is 4.34. The summed E-state index contributed by atoms with van der Waals surface area (Å²) in [6.45, 7) is 0. The molecule has 4 heteroatoms. The first-order chi connectivity index (χ1) is 8.50. The summed E-state index contributed by atoms with van der Waals surface area (Å²) in [5, 5.41) is 19.8. The molecule has 0 spiro atoms. The lowest BCUT2D eigenvalue weighted by Crippen LogP contribution is -2.29. The van der Waals surface area contributed by atoms with Gasteiger partial charge < -0.3 is 10.2 Å². The van der Waals surface area contributed by atoms with Crippen LogP contribution in [0.5, 0.6) is 0 Å². The highest BCUT2D eigenvalue weighted by Crippen LogP contribution is 2.26. The van der Waals surface area contributed by atoms with Gasteiger partial charge in [0.2, 0.25) is 0 Å². The normalized spacial score (nSPS) is 26.2. The van der Waals surface area contributed by atoms with E-state index in [1.54, 1.807) is 6.07 Å². The Balaban J connectivity index is 2.16. The number of aliphatic carboxylic acids is 1. The minimum atomic E-state index is -1.17. The number of rotatable bonds is 3. The predicted octanol–water partition coefficient (Wildman–Crippen LogP) is 2.44. The highest BCUT2D eigenvalue weighted by atomic mass is 35.5. The second-order valence-corrected chi connectivity index (χ2v) is 4.75. The molecule has 0 saturated heterocycles. The molecule has 0 aliphatic heterocycles. The Labute approximate surface area is 110 Å². The summed E-state index contributed by atoms with van der Waals surface area (Å²) in [4.78, 5) is 10.8. The van der Waals surface area contributed by atoms with Crippen LogP contribution in [0.3, 0.4) is 0 Å². The molecule has 1 aliphatic rings. The zero-order chi connectivity index (χ0) is 13.2. The van der Waals surface area contributed by atoms with Crippen LogP contribution in [0.2, 0.25) is 5.02 Å². The fraction of sp³-hybridized carbons (Fsp3) is 0.214. The molecule has 1 aromatic carbocycles. The van der Waals surface area contributed by atoms with Crippen molar-refractivity contribution in [1.29, 1.82) is 0 Å². The number of carboxylic acid groups (broad SMARTS) is 1. The minimum absolute atomic E-state index is 0.325. The lowest BCUT2D eigenvalue weighted by molar-refractivity contribution is -0.138. The lowest BCUT2D eigenvalue weighted by atomic mass is 9.87. The van der Waals surface area contributed by atoms with E-state index in [1.165, 1.54) is 24.3 Å². The van der Waals surface area contributed by atoms with Crippen molar-refractivity contribution in [1.82, 2.24) is 0 Å². The third kappa shape index (κ3) is 2.81. The standard InChI is InChI=1S/C14H13ClO3/c15-12-4-2-1-3-11(12)9-14(18)7-5-10(6-8-14)13(16)17/h1-8,10,18H,9H2,(H,16,17). The van der Waals surface area contributed by atoms with E-state index in [1.807, 2.05) is 18.2 Å². The maximum atomic E-state index is 10.8. The largest absolute Gasteiger partial charge is 0.481 e. The Bertz CT molecular complexity index is 506. The molecule has 0 bridgehead atoms. The number of aliphatic hydroxyl groups is 1. The van der Waals surface area contributed by atoms with Crippen LogP contribution in [0, 0.1) is 5.92 Å². The molecule has 0 amide bonds. The van der Waals surface area contributed by atoms with Crippen LogP contribution in [0.1, 0.15) is 5.56 Å². The van der Waals surface area contributed by atoms with Gasteiger partial charge in [0.05, 0.1) is 5.92 Å².